The Hall–Kier alpha value is -0.570. The highest BCUT2D eigenvalue weighted by atomic mass is 35.5. The van der Waals surface area contributed by atoms with Crippen molar-refractivity contribution in [2.75, 3.05) is 13.6 Å². The number of fused-ring (bicyclic) bond motifs is 1. The Balaban J connectivity index is 2.42. The Kier molecular flexibility index (Phi) is 2.77. The highest BCUT2D eigenvalue weighted by molar-refractivity contribution is 6.30. The largest absolute Gasteiger partial charge is 0.324 e. The Morgan fingerprint density at radius 2 is 2.29 bits per heavy atom. The third-order valence-electron chi connectivity index (χ3n) is 2.77. The molecule has 0 unspecified atom stereocenters. The van der Waals surface area contributed by atoms with Gasteiger partial charge in [0.15, 0.2) is 0 Å². The molecule has 2 rings (SSSR count). The molecule has 0 radical (unpaired) electrons. The lowest BCUT2D eigenvalue weighted by Crippen LogP contribution is -2.18. The predicted octanol–water partition coefficient (Wildman–Crippen LogP) is 2.18. The van der Waals surface area contributed by atoms with Crippen LogP contribution >= 0.6 is 11.6 Å². The fourth-order valence-electron chi connectivity index (χ4n) is 1.94. The third kappa shape index (κ3) is 1.92. The molecule has 1 aromatic carbocycles. The van der Waals surface area contributed by atoms with Gasteiger partial charge in [-0.05, 0) is 43.3 Å². The number of hydrogen-bond acceptors (Lipinski definition) is 2. The Labute approximate surface area is 89.7 Å². The Morgan fingerprint density at radius 3 is 3.07 bits per heavy atom. The first kappa shape index (κ1) is 9.97. The summed E-state index contributed by atoms with van der Waals surface area (Å²) in [6.07, 6.45) is 1.00. The van der Waals surface area contributed by atoms with Crippen LogP contribution in [0.3, 0.4) is 0 Å². The van der Waals surface area contributed by atoms with Crippen molar-refractivity contribution < 1.29 is 0 Å². The van der Waals surface area contributed by atoms with Crippen molar-refractivity contribution in [3.05, 3.63) is 34.3 Å². The van der Waals surface area contributed by atoms with E-state index in [4.69, 9.17) is 17.3 Å². The molecule has 0 saturated heterocycles. The maximum atomic E-state index is 6.09. The lowest BCUT2D eigenvalue weighted by molar-refractivity contribution is 0.325. The van der Waals surface area contributed by atoms with Crippen LogP contribution in [0.25, 0.3) is 0 Å². The topological polar surface area (TPSA) is 29.3 Å². The highest BCUT2D eigenvalue weighted by Gasteiger charge is 2.17. The van der Waals surface area contributed by atoms with Crippen LogP contribution in [0, 0.1) is 0 Å². The SMILES string of the molecule is CN1CC[C@@H](N)c2cc(Cl)ccc2C1. The summed E-state index contributed by atoms with van der Waals surface area (Å²) in [5, 5.41) is 0.781. The minimum Gasteiger partial charge on any atom is -0.324 e. The average Bonchev–Trinajstić information content (AvgIpc) is 2.29. The maximum Gasteiger partial charge on any atom is 0.0409 e. The molecule has 1 heterocycles. The summed E-state index contributed by atoms with van der Waals surface area (Å²) >= 11 is 5.96. The van der Waals surface area contributed by atoms with Gasteiger partial charge in [0.2, 0.25) is 0 Å². The van der Waals surface area contributed by atoms with E-state index in [0.29, 0.717) is 0 Å². The molecule has 14 heavy (non-hydrogen) atoms. The molecule has 0 aliphatic carbocycles. The highest BCUT2D eigenvalue weighted by Crippen LogP contribution is 2.26. The molecule has 3 heteroatoms. The van der Waals surface area contributed by atoms with E-state index < -0.39 is 0 Å². The minimum atomic E-state index is 0.133. The molecule has 0 aromatic heterocycles. The number of hydrogen-bond donors (Lipinski definition) is 1. The van der Waals surface area contributed by atoms with E-state index in [9.17, 15) is 0 Å². The average molecular weight is 211 g/mol. The molecule has 0 spiro atoms. The molecule has 0 fully saturated rings. The smallest absolute Gasteiger partial charge is 0.0409 e. The quantitative estimate of drug-likeness (QED) is 0.711. The molecule has 1 aliphatic heterocycles. The van der Waals surface area contributed by atoms with E-state index in [1.807, 2.05) is 12.1 Å². The molecule has 0 saturated carbocycles. The van der Waals surface area contributed by atoms with Crippen molar-refractivity contribution >= 4 is 11.6 Å². The molecule has 1 atom stereocenters. The molecule has 2 nitrogen and oxygen atoms in total. The number of rotatable bonds is 0. The zero-order valence-electron chi connectivity index (χ0n) is 8.33. The van der Waals surface area contributed by atoms with Crippen LogP contribution in [0.2, 0.25) is 5.02 Å². The van der Waals surface area contributed by atoms with Crippen molar-refractivity contribution in [2.45, 2.75) is 19.0 Å². The van der Waals surface area contributed by atoms with Crippen LogP contribution in [-0.2, 0) is 6.54 Å². The number of halogens is 1. The second-order valence-electron chi connectivity index (χ2n) is 3.98. The van der Waals surface area contributed by atoms with Gasteiger partial charge in [0.25, 0.3) is 0 Å². The van der Waals surface area contributed by atoms with Gasteiger partial charge in [-0.3, -0.25) is 0 Å². The summed E-state index contributed by atoms with van der Waals surface area (Å²) in [4.78, 5) is 2.29. The lowest BCUT2D eigenvalue weighted by Gasteiger charge is -2.13. The van der Waals surface area contributed by atoms with Gasteiger partial charge < -0.3 is 10.6 Å². The first-order chi connectivity index (χ1) is 6.66. The van der Waals surface area contributed by atoms with Crippen LogP contribution in [0.15, 0.2) is 18.2 Å². The summed E-state index contributed by atoms with van der Waals surface area (Å²) in [6.45, 7) is 2.02. The number of benzene rings is 1. The monoisotopic (exact) mass is 210 g/mol. The molecular formula is C11H15ClN2. The van der Waals surface area contributed by atoms with E-state index >= 15 is 0 Å². The van der Waals surface area contributed by atoms with Gasteiger partial charge in [0.1, 0.15) is 0 Å². The van der Waals surface area contributed by atoms with Crippen LogP contribution in [0.5, 0.6) is 0 Å². The Bertz CT molecular complexity index is 338. The van der Waals surface area contributed by atoms with Crippen molar-refractivity contribution in [2.24, 2.45) is 5.73 Å². The second-order valence-corrected chi connectivity index (χ2v) is 4.41. The molecule has 0 amide bonds. The van der Waals surface area contributed by atoms with Crippen LogP contribution < -0.4 is 5.73 Å². The van der Waals surface area contributed by atoms with Gasteiger partial charge in [0.05, 0.1) is 0 Å². The first-order valence-electron chi connectivity index (χ1n) is 4.89. The fraction of sp³-hybridized carbons (Fsp3) is 0.455. The second kappa shape index (κ2) is 3.89. The zero-order chi connectivity index (χ0) is 10.1. The van der Waals surface area contributed by atoms with Crippen molar-refractivity contribution in [3.63, 3.8) is 0 Å². The molecule has 0 bridgehead atoms. The molecule has 1 aromatic rings. The third-order valence-corrected chi connectivity index (χ3v) is 3.00. The van der Waals surface area contributed by atoms with Gasteiger partial charge in [-0.15, -0.1) is 0 Å². The van der Waals surface area contributed by atoms with E-state index in [1.165, 1.54) is 11.1 Å². The molecular weight excluding hydrogens is 196 g/mol. The van der Waals surface area contributed by atoms with Crippen molar-refractivity contribution in [1.29, 1.82) is 0 Å². The summed E-state index contributed by atoms with van der Waals surface area (Å²) in [7, 11) is 2.12. The molecule has 76 valence electrons. The summed E-state index contributed by atoms with van der Waals surface area (Å²) in [6, 6.07) is 6.15. The van der Waals surface area contributed by atoms with E-state index in [1.54, 1.807) is 0 Å². The lowest BCUT2D eigenvalue weighted by atomic mass is 10.0. The number of nitrogens with zero attached hydrogens (tertiary/aromatic N) is 1. The molecule has 2 N–H and O–H groups in total. The Morgan fingerprint density at radius 1 is 1.50 bits per heavy atom. The fourth-order valence-corrected chi connectivity index (χ4v) is 2.12. The van der Waals surface area contributed by atoms with E-state index in [-0.39, 0.29) is 6.04 Å². The normalized spacial score (nSPS) is 22.9. The van der Waals surface area contributed by atoms with Gasteiger partial charge in [0, 0.05) is 17.6 Å². The predicted molar refractivity (Wildman–Crippen MR) is 59.3 cm³/mol. The van der Waals surface area contributed by atoms with Crippen LogP contribution in [0.4, 0.5) is 0 Å². The summed E-state index contributed by atoms with van der Waals surface area (Å²) in [5.41, 5.74) is 8.61. The van der Waals surface area contributed by atoms with Crippen LogP contribution in [-0.4, -0.2) is 18.5 Å². The minimum absolute atomic E-state index is 0.133. The summed E-state index contributed by atoms with van der Waals surface area (Å²) < 4.78 is 0. The van der Waals surface area contributed by atoms with Gasteiger partial charge in [-0.1, -0.05) is 17.7 Å². The standard InChI is InChI=1S/C11H15ClN2/c1-14-5-4-11(13)10-6-9(12)3-2-8(10)7-14/h2-3,6,11H,4-5,7,13H2,1H3/t11-/m1/s1. The van der Waals surface area contributed by atoms with Crippen molar-refractivity contribution in [1.82, 2.24) is 4.90 Å². The van der Waals surface area contributed by atoms with Gasteiger partial charge >= 0.3 is 0 Å². The first-order valence-corrected chi connectivity index (χ1v) is 5.27. The van der Waals surface area contributed by atoms with Gasteiger partial charge in [-0.25, -0.2) is 0 Å². The van der Waals surface area contributed by atoms with E-state index in [0.717, 1.165) is 24.5 Å². The van der Waals surface area contributed by atoms with E-state index in [2.05, 4.69) is 18.0 Å². The molecule has 1 aliphatic rings. The maximum absolute atomic E-state index is 6.09. The van der Waals surface area contributed by atoms with Crippen LogP contribution in [0.1, 0.15) is 23.6 Å². The zero-order valence-corrected chi connectivity index (χ0v) is 9.09. The van der Waals surface area contributed by atoms with Crippen molar-refractivity contribution in [3.8, 4) is 0 Å². The summed E-state index contributed by atoms with van der Waals surface area (Å²) in [5.74, 6) is 0. The number of nitrogens with two attached hydrogens (primary N) is 1. The van der Waals surface area contributed by atoms with Gasteiger partial charge in [-0.2, -0.15) is 0 Å².